The molecule has 0 bridgehead atoms. The maximum atomic E-state index is 13.8. The number of hydrogen-bond acceptors (Lipinski definition) is 3. The molecule has 6 nitrogen and oxygen atoms in total. The lowest BCUT2D eigenvalue weighted by molar-refractivity contribution is -0.137. The molecule has 0 fully saturated rings. The van der Waals surface area contributed by atoms with Crippen LogP contribution in [0, 0.1) is 0 Å². The fraction of sp³-hybridized carbons (Fsp3) is 0.290. The number of ether oxygens (including phenoxy) is 1. The number of carbonyl (C=O) groups excluding carboxylic acids is 2. The first-order valence-electron chi connectivity index (χ1n) is 13.3. The number of aromatic nitrogens is 1. The summed E-state index contributed by atoms with van der Waals surface area (Å²) in [5.41, 5.74) is 1.94. The molecule has 0 radical (unpaired) electrons. The molecule has 222 valence electrons. The zero-order chi connectivity index (χ0) is 30.3. The summed E-state index contributed by atoms with van der Waals surface area (Å²) in [5, 5.41) is 1.56. The van der Waals surface area contributed by atoms with Crippen molar-refractivity contribution in [1.29, 1.82) is 0 Å². The number of nitrogens with zero attached hydrogens (tertiary/aromatic N) is 2. The number of carbonyl (C=O) groups is 2. The Balaban J connectivity index is 1.58. The van der Waals surface area contributed by atoms with Gasteiger partial charge in [0.2, 0.25) is 5.91 Å². The highest BCUT2D eigenvalue weighted by Crippen LogP contribution is 2.29. The molecule has 2 amide bonds. The summed E-state index contributed by atoms with van der Waals surface area (Å²) in [7, 11) is 1.55. The first-order valence-corrected chi connectivity index (χ1v) is 14.0. The molecular weight excluding hydrogens is 590 g/mol. The van der Waals surface area contributed by atoms with Gasteiger partial charge in [0.15, 0.2) is 0 Å². The van der Waals surface area contributed by atoms with Crippen LogP contribution in [0.15, 0.2) is 72.9 Å². The van der Waals surface area contributed by atoms with Crippen molar-refractivity contribution in [3.8, 4) is 0 Å². The monoisotopic (exact) mass is 619 g/mol. The number of alkyl halides is 3. The Morgan fingerprint density at radius 2 is 1.69 bits per heavy atom. The number of benzene rings is 3. The van der Waals surface area contributed by atoms with Crippen molar-refractivity contribution in [2.24, 2.45) is 0 Å². The lowest BCUT2D eigenvalue weighted by Gasteiger charge is -2.28. The number of fused-ring (bicyclic) bond motifs is 1. The van der Waals surface area contributed by atoms with Crippen LogP contribution in [0.1, 0.15) is 33.5 Å². The molecule has 11 heteroatoms. The number of H-pyrrole nitrogens is 1. The van der Waals surface area contributed by atoms with Gasteiger partial charge in [-0.2, -0.15) is 13.2 Å². The normalized spacial score (nSPS) is 11.6. The van der Waals surface area contributed by atoms with Gasteiger partial charge in [-0.1, -0.05) is 53.5 Å². The molecule has 0 saturated heterocycles. The van der Waals surface area contributed by atoms with E-state index < -0.39 is 17.6 Å². The van der Waals surface area contributed by atoms with Crippen LogP contribution in [0.2, 0.25) is 10.0 Å². The second-order valence-corrected chi connectivity index (χ2v) is 10.7. The summed E-state index contributed by atoms with van der Waals surface area (Å²) in [6.07, 6.45) is -1.60. The Hall–Kier alpha value is -3.53. The van der Waals surface area contributed by atoms with E-state index >= 15 is 0 Å². The maximum Gasteiger partial charge on any atom is 0.416 e. The van der Waals surface area contributed by atoms with Gasteiger partial charge in [0, 0.05) is 55.5 Å². The summed E-state index contributed by atoms with van der Waals surface area (Å²) >= 11 is 12.3. The van der Waals surface area contributed by atoms with Crippen molar-refractivity contribution in [3.63, 3.8) is 0 Å². The Labute approximate surface area is 252 Å². The number of aromatic amines is 1. The van der Waals surface area contributed by atoms with Gasteiger partial charge in [-0.15, -0.1) is 0 Å². The van der Waals surface area contributed by atoms with Crippen LogP contribution in [-0.2, 0) is 28.7 Å². The summed E-state index contributed by atoms with van der Waals surface area (Å²) in [6.45, 7) is 0.705. The van der Waals surface area contributed by atoms with Gasteiger partial charge in [-0.25, -0.2) is 0 Å². The van der Waals surface area contributed by atoms with Crippen molar-refractivity contribution in [3.05, 3.63) is 105 Å². The Morgan fingerprint density at radius 3 is 2.38 bits per heavy atom. The second-order valence-electron chi connectivity index (χ2n) is 9.82. The number of rotatable bonds is 12. The SMILES string of the molecule is COCCCN(CC(=O)N(CCc1c[nH]c2ccccc12)Cc1ccc(C(F)(F)F)cc1)C(=O)c1ccc(Cl)cc1Cl. The van der Waals surface area contributed by atoms with Crippen molar-refractivity contribution in [1.82, 2.24) is 14.8 Å². The van der Waals surface area contributed by atoms with Gasteiger partial charge < -0.3 is 19.5 Å². The van der Waals surface area contributed by atoms with Crippen molar-refractivity contribution < 1.29 is 27.5 Å². The third-order valence-corrected chi connectivity index (χ3v) is 7.43. The smallest absolute Gasteiger partial charge is 0.385 e. The molecular formula is C31H30Cl2F3N3O3. The highest BCUT2D eigenvalue weighted by molar-refractivity contribution is 6.36. The minimum atomic E-state index is -4.46. The molecule has 4 aromatic rings. The molecule has 0 atom stereocenters. The molecule has 1 aromatic heterocycles. The number of para-hydroxylation sites is 1. The van der Waals surface area contributed by atoms with E-state index in [1.807, 2.05) is 30.5 Å². The average Bonchev–Trinajstić information content (AvgIpc) is 3.37. The van der Waals surface area contributed by atoms with Crippen LogP contribution < -0.4 is 0 Å². The fourth-order valence-corrected chi connectivity index (χ4v) is 5.14. The molecule has 0 unspecified atom stereocenters. The number of nitrogens with one attached hydrogen (secondary N) is 1. The zero-order valence-electron chi connectivity index (χ0n) is 22.9. The van der Waals surface area contributed by atoms with E-state index in [9.17, 15) is 22.8 Å². The molecule has 42 heavy (non-hydrogen) atoms. The summed E-state index contributed by atoms with van der Waals surface area (Å²) in [5.74, 6) is -0.794. The van der Waals surface area contributed by atoms with Gasteiger partial charge in [0.1, 0.15) is 6.54 Å². The first-order chi connectivity index (χ1) is 20.1. The van der Waals surface area contributed by atoms with Gasteiger partial charge >= 0.3 is 6.18 Å². The minimum Gasteiger partial charge on any atom is -0.385 e. The van der Waals surface area contributed by atoms with Crippen LogP contribution in [0.5, 0.6) is 0 Å². The van der Waals surface area contributed by atoms with Gasteiger partial charge in [0.25, 0.3) is 5.91 Å². The predicted molar refractivity (Wildman–Crippen MR) is 158 cm³/mol. The van der Waals surface area contributed by atoms with E-state index in [4.69, 9.17) is 27.9 Å². The third-order valence-electron chi connectivity index (χ3n) is 6.88. The van der Waals surface area contributed by atoms with Crippen molar-refractivity contribution >= 4 is 45.9 Å². The molecule has 0 aliphatic rings. The minimum absolute atomic E-state index is 0.0706. The molecule has 4 rings (SSSR count). The summed E-state index contributed by atoms with van der Waals surface area (Å²) in [4.78, 5) is 33.4. The quantitative estimate of drug-likeness (QED) is 0.170. The third kappa shape index (κ3) is 8.06. The van der Waals surface area contributed by atoms with E-state index in [1.165, 1.54) is 29.2 Å². The van der Waals surface area contributed by atoms with Crippen LogP contribution in [-0.4, -0.2) is 59.9 Å². The number of methoxy groups -OCH3 is 1. The zero-order valence-corrected chi connectivity index (χ0v) is 24.4. The van der Waals surface area contributed by atoms with Gasteiger partial charge in [0.05, 0.1) is 16.1 Å². The van der Waals surface area contributed by atoms with E-state index in [0.29, 0.717) is 30.0 Å². The summed E-state index contributed by atoms with van der Waals surface area (Å²) in [6, 6.07) is 17.0. The van der Waals surface area contributed by atoms with Crippen LogP contribution in [0.25, 0.3) is 10.9 Å². The van der Waals surface area contributed by atoms with Crippen LogP contribution in [0.3, 0.4) is 0 Å². The van der Waals surface area contributed by atoms with E-state index in [1.54, 1.807) is 18.1 Å². The second kappa shape index (κ2) is 14.1. The number of hydrogen-bond donors (Lipinski definition) is 1. The van der Waals surface area contributed by atoms with Gasteiger partial charge in [-0.3, -0.25) is 9.59 Å². The van der Waals surface area contributed by atoms with Gasteiger partial charge in [-0.05, 0) is 60.4 Å². The molecule has 0 aliphatic heterocycles. The van der Waals surface area contributed by atoms with Crippen LogP contribution >= 0.6 is 23.2 Å². The molecule has 1 heterocycles. The number of halogens is 5. The lowest BCUT2D eigenvalue weighted by Crippen LogP contribution is -2.44. The average molecular weight is 620 g/mol. The highest BCUT2D eigenvalue weighted by Gasteiger charge is 2.30. The fourth-order valence-electron chi connectivity index (χ4n) is 4.65. The molecule has 0 spiro atoms. The Morgan fingerprint density at radius 1 is 0.952 bits per heavy atom. The number of amides is 2. The Bertz CT molecular complexity index is 1520. The Kier molecular flexibility index (Phi) is 10.5. The van der Waals surface area contributed by atoms with E-state index in [0.717, 1.165) is 28.6 Å². The van der Waals surface area contributed by atoms with E-state index in [2.05, 4.69) is 4.98 Å². The first kappa shape index (κ1) is 31.4. The van der Waals surface area contributed by atoms with Crippen LogP contribution in [0.4, 0.5) is 13.2 Å². The largest absolute Gasteiger partial charge is 0.416 e. The predicted octanol–water partition coefficient (Wildman–Crippen LogP) is 7.24. The topological polar surface area (TPSA) is 65.6 Å². The maximum absolute atomic E-state index is 13.8. The van der Waals surface area contributed by atoms with Crippen molar-refractivity contribution in [2.75, 3.05) is 33.4 Å². The van der Waals surface area contributed by atoms with E-state index in [-0.39, 0.29) is 42.7 Å². The molecule has 0 aliphatic carbocycles. The highest BCUT2D eigenvalue weighted by atomic mass is 35.5. The van der Waals surface area contributed by atoms with Crippen molar-refractivity contribution in [2.45, 2.75) is 25.6 Å². The molecule has 1 N–H and O–H groups in total. The molecule has 0 saturated carbocycles. The standard InChI is InChI=1S/C31H30Cl2F3N3O3/c1-42-16-4-14-39(30(41)26-12-11-24(32)17-27(26)33)20-29(40)38(19-21-7-9-23(10-8-21)31(34,35)36)15-13-22-18-37-28-6-3-2-5-25(22)28/h2-3,5-12,17-18,37H,4,13-16,19-20H2,1H3. The summed E-state index contributed by atoms with van der Waals surface area (Å²) < 4.78 is 44.5. The molecule has 3 aromatic carbocycles. The lowest BCUT2D eigenvalue weighted by atomic mass is 10.1.